The monoisotopic (exact) mass is 190 g/mol. The third kappa shape index (κ3) is 1.41. The zero-order valence-corrected chi connectivity index (χ0v) is 8.40. The topological polar surface area (TPSA) is 38.5 Å². The summed E-state index contributed by atoms with van der Waals surface area (Å²) in [6, 6.07) is 6.01. The first-order chi connectivity index (χ1) is 6.68. The van der Waals surface area contributed by atoms with E-state index < -0.39 is 0 Å². The van der Waals surface area contributed by atoms with Crippen molar-refractivity contribution in [2.24, 2.45) is 0 Å². The van der Waals surface area contributed by atoms with Crippen LogP contribution in [0, 0.1) is 0 Å². The van der Waals surface area contributed by atoms with E-state index >= 15 is 0 Å². The summed E-state index contributed by atoms with van der Waals surface area (Å²) in [5, 5.41) is 1.81. The molecule has 0 saturated carbocycles. The fraction of sp³-hybridized carbons (Fsp3) is 0.273. The second-order valence-electron chi connectivity index (χ2n) is 3.62. The van der Waals surface area contributed by atoms with Gasteiger partial charge in [-0.05, 0) is 32.1 Å². The van der Waals surface area contributed by atoms with Crippen LogP contribution in [0.5, 0.6) is 5.75 Å². The fourth-order valence-electron chi connectivity index (χ4n) is 1.39. The van der Waals surface area contributed by atoms with Gasteiger partial charge in [0.1, 0.15) is 0 Å². The Morgan fingerprint density at radius 1 is 1.36 bits per heavy atom. The van der Waals surface area contributed by atoms with E-state index in [0.717, 1.165) is 17.0 Å². The Bertz CT molecular complexity index is 372. The molecule has 14 heavy (non-hydrogen) atoms. The summed E-state index contributed by atoms with van der Waals surface area (Å²) in [5.74, 6) is 0.821. The van der Waals surface area contributed by atoms with Gasteiger partial charge in [-0.1, -0.05) is 6.07 Å². The second kappa shape index (κ2) is 3.25. The minimum Gasteiger partial charge on any atom is -0.398 e. The standard InChI is InChI=1S/C11H14N2O/c1-8(2)13-7-6-9-10(12)4-3-5-11(9)14-13/h3-8H,12H2,1-2H3. The minimum atomic E-state index is 0.320. The molecule has 0 radical (unpaired) electrons. The Hall–Kier alpha value is -1.64. The third-order valence-corrected chi connectivity index (χ3v) is 2.20. The number of hydrogen-bond acceptors (Lipinski definition) is 3. The highest BCUT2D eigenvalue weighted by molar-refractivity contribution is 5.70. The van der Waals surface area contributed by atoms with Crippen LogP contribution in [0.15, 0.2) is 24.4 Å². The maximum absolute atomic E-state index is 5.81. The van der Waals surface area contributed by atoms with Gasteiger partial charge in [-0.2, -0.15) is 0 Å². The lowest BCUT2D eigenvalue weighted by Gasteiger charge is -2.28. The Morgan fingerprint density at radius 3 is 2.86 bits per heavy atom. The summed E-state index contributed by atoms with van der Waals surface area (Å²) >= 11 is 0. The van der Waals surface area contributed by atoms with Gasteiger partial charge in [0.2, 0.25) is 0 Å². The van der Waals surface area contributed by atoms with Gasteiger partial charge >= 0.3 is 0 Å². The van der Waals surface area contributed by atoms with E-state index in [1.165, 1.54) is 0 Å². The van der Waals surface area contributed by atoms with Crippen LogP contribution in [-0.2, 0) is 0 Å². The molecular weight excluding hydrogens is 176 g/mol. The summed E-state index contributed by atoms with van der Waals surface area (Å²) < 4.78 is 0. The minimum absolute atomic E-state index is 0.320. The van der Waals surface area contributed by atoms with Crippen LogP contribution in [0.3, 0.4) is 0 Å². The number of nitrogens with zero attached hydrogens (tertiary/aromatic N) is 1. The normalized spacial score (nSPS) is 14.1. The molecule has 0 aliphatic carbocycles. The fourth-order valence-corrected chi connectivity index (χ4v) is 1.39. The number of anilines is 1. The number of nitrogens with two attached hydrogens (primary N) is 1. The van der Waals surface area contributed by atoms with Crippen molar-refractivity contribution in [1.82, 2.24) is 5.06 Å². The molecule has 0 spiro atoms. The quantitative estimate of drug-likeness (QED) is 0.690. The number of fused-ring (bicyclic) bond motifs is 1. The van der Waals surface area contributed by atoms with Crippen molar-refractivity contribution < 1.29 is 4.84 Å². The first-order valence-electron chi connectivity index (χ1n) is 4.71. The van der Waals surface area contributed by atoms with Gasteiger partial charge in [0.25, 0.3) is 0 Å². The molecule has 1 aliphatic rings. The van der Waals surface area contributed by atoms with Gasteiger partial charge in [0, 0.05) is 17.5 Å². The molecule has 1 aromatic carbocycles. The lowest BCUT2D eigenvalue weighted by atomic mass is 10.1. The van der Waals surface area contributed by atoms with Gasteiger partial charge in [-0.3, -0.25) is 0 Å². The molecule has 1 aliphatic heterocycles. The van der Waals surface area contributed by atoms with Gasteiger partial charge in [0.15, 0.2) is 5.75 Å². The first-order valence-corrected chi connectivity index (χ1v) is 4.71. The predicted octanol–water partition coefficient (Wildman–Crippen LogP) is 2.26. The maximum atomic E-state index is 5.81. The highest BCUT2D eigenvalue weighted by Gasteiger charge is 2.15. The van der Waals surface area contributed by atoms with Crippen molar-refractivity contribution in [3.63, 3.8) is 0 Å². The summed E-state index contributed by atoms with van der Waals surface area (Å²) in [6.07, 6.45) is 3.89. The van der Waals surface area contributed by atoms with Crippen LogP contribution < -0.4 is 10.6 Å². The summed E-state index contributed by atoms with van der Waals surface area (Å²) in [4.78, 5) is 5.64. The van der Waals surface area contributed by atoms with E-state index in [-0.39, 0.29) is 0 Å². The number of hydrogen-bond donors (Lipinski definition) is 1. The lowest BCUT2D eigenvalue weighted by molar-refractivity contribution is -0.0374. The van der Waals surface area contributed by atoms with E-state index in [0.29, 0.717) is 6.04 Å². The van der Waals surface area contributed by atoms with E-state index in [1.807, 2.05) is 35.5 Å². The van der Waals surface area contributed by atoms with Crippen LogP contribution in [-0.4, -0.2) is 11.1 Å². The largest absolute Gasteiger partial charge is 0.398 e. The van der Waals surface area contributed by atoms with Crippen molar-refractivity contribution in [2.45, 2.75) is 19.9 Å². The Morgan fingerprint density at radius 2 is 2.14 bits per heavy atom. The molecule has 3 nitrogen and oxygen atoms in total. The van der Waals surface area contributed by atoms with Crippen molar-refractivity contribution in [3.8, 4) is 5.75 Å². The maximum Gasteiger partial charge on any atom is 0.164 e. The molecule has 0 aromatic heterocycles. The molecule has 0 bridgehead atoms. The zero-order valence-electron chi connectivity index (χ0n) is 8.40. The molecule has 0 saturated heterocycles. The number of rotatable bonds is 1. The average molecular weight is 190 g/mol. The molecule has 0 unspecified atom stereocenters. The number of nitrogen functional groups attached to an aromatic ring is 1. The average Bonchev–Trinajstić information content (AvgIpc) is 2.17. The molecule has 0 fully saturated rings. The first kappa shape index (κ1) is 8.94. The Kier molecular flexibility index (Phi) is 2.08. The van der Waals surface area contributed by atoms with E-state index in [9.17, 15) is 0 Å². The van der Waals surface area contributed by atoms with Crippen LogP contribution >= 0.6 is 0 Å². The SMILES string of the molecule is CC(C)N1C=Cc2c(N)cccc2O1. The van der Waals surface area contributed by atoms with Crippen molar-refractivity contribution in [1.29, 1.82) is 0 Å². The summed E-state index contributed by atoms with van der Waals surface area (Å²) in [7, 11) is 0. The lowest BCUT2D eigenvalue weighted by Crippen LogP contribution is -2.30. The molecule has 0 atom stereocenters. The molecular formula is C11H14N2O. The molecule has 74 valence electrons. The zero-order chi connectivity index (χ0) is 10.1. The third-order valence-electron chi connectivity index (χ3n) is 2.20. The highest BCUT2D eigenvalue weighted by atomic mass is 16.7. The van der Waals surface area contributed by atoms with Crippen LogP contribution in [0.2, 0.25) is 0 Å². The van der Waals surface area contributed by atoms with Gasteiger partial charge in [0.05, 0.1) is 6.04 Å². The summed E-state index contributed by atoms with van der Waals surface area (Å²) in [6.45, 7) is 4.14. The highest BCUT2D eigenvalue weighted by Crippen LogP contribution is 2.30. The predicted molar refractivity (Wildman–Crippen MR) is 57.5 cm³/mol. The summed E-state index contributed by atoms with van der Waals surface area (Å²) in [5.41, 5.74) is 7.53. The molecule has 1 heterocycles. The second-order valence-corrected chi connectivity index (χ2v) is 3.62. The molecule has 2 rings (SSSR count). The van der Waals surface area contributed by atoms with Crippen LogP contribution in [0.4, 0.5) is 5.69 Å². The van der Waals surface area contributed by atoms with Crippen LogP contribution in [0.25, 0.3) is 6.08 Å². The van der Waals surface area contributed by atoms with E-state index in [1.54, 1.807) is 0 Å². The number of benzene rings is 1. The van der Waals surface area contributed by atoms with Crippen molar-refractivity contribution in [2.75, 3.05) is 5.73 Å². The van der Waals surface area contributed by atoms with Gasteiger partial charge in [-0.15, -0.1) is 0 Å². The van der Waals surface area contributed by atoms with Gasteiger partial charge in [-0.25, -0.2) is 5.06 Å². The van der Waals surface area contributed by atoms with E-state index in [2.05, 4.69) is 13.8 Å². The smallest absolute Gasteiger partial charge is 0.164 e. The van der Waals surface area contributed by atoms with Crippen molar-refractivity contribution >= 4 is 11.8 Å². The Balaban J connectivity index is 2.36. The van der Waals surface area contributed by atoms with E-state index in [4.69, 9.17) is 10.6 Å². The molecule has 0 amide bonds. The molecule has 3 heteroatoms. The molecule has 1 aromatic rings. The van der Waals surface area contributed by atoms with Crippen LogP contribution in [0.1, 0.15) is 19.4 Å². The number of hydroxylamine groups is 2. The van der Waals surface area contributed by atoms with Crippen molar-refractivity contribution in [3.05, 3.63) is 30.0 Å². The Labute approximate surface area is 83.7 Å². The van der Waals surface area contributed by atoms with Gasteiger partial charge < -0.3 is 10.6 Å². The molecule has 2 N–H and O–H groups in total.